The summed E-state index contributed by atoms with van der Waals surface area (Å²) in [5.41, 5.74) is 5.24. The highest BCUT2D eigenvalue weighted by atomic mass is 16.5. The van der Waals surface area contributed by atoms with E-state index in [2.05, 4.69) is 41.7 Å². The van der Waals surface area contributed by atoms with Crippen molar-refractivity contribution < 1.29 is 14.3 Å². The molecule has 0 bridgehead atoms. The van der Waals surface area contributed by atoms with E-state index in [1.54, 1.807) is 0 Å². The highest BCUT2D eigenvalue weighted by Crippen LogP contribution is 2.50. The summed E-state index contributed by atoms with van der Waals surface area (Å²) in [6, 6.07) is 24.6. The highest BCUT2D eigenvalue weighted by molar-refractivity contribution is 5.90. The molecule has 4 heteroatoms. The van der Waals surface area contributed by atoms with Gasteiger partial charge in [0, 0.05) is 11.6 Å². The third-order valence-electron chi connectivity index (χ3n) is 6.27. The van der Waals surface area contributed by atoms with Crippen molar-refractivity contribution in [3.63, 3.8) is 0 Å². The Morgan fingerprint density at radius 3 is 2.61 bits per heavy atom. The summed E-state index contributed by atoms with van der Waals surface area (Å²) in [6.45, 7) is 0.562. The van der Waals surface area contributed by atoms with Gasteiger partial charge in [-0.05, 0) is 59.4 Å². The van der Waals surface area contributed by atoms with Gasteiger partial charge < -0.3 is 14.8 Å². The summed E-state index contributed by atoms with van der Waals surface area (Å²) in [7, 11) is 1.42. The zero-order valence-corrected chi connectivity index (χ0v) is 17.5. The van der Waals surface area contributed by atoms with Gasteiger partial charge in [-0.15, -0.1) is 0 Å². The third kappa shape index (κ3) is 3.81. The number of methoxy groups -OCH3 is 1. The predicted octanol–water partition coefficient (Wildman–Crippen LogP) is 5.88. The minimum absolute atomic E-state index is 0.208. The normalized spacial score (nSPS) is 21.0. The second-order valence-corrected chi connectivity index (χ2v) is 8.11. The van der Waals surface area contributed by atoms with Crippen molar-refractivity contribution in [3.05, 3.63) is 107 Å². The zero-order valence-electron chi connectivity index (χ0n) is 17.5. The number of esters is 1. The second-order valence-electron chi connectivity index (χ2n) is 8.11. The summed E-state index contributed by atoms with van der Waals surface area (Å²) in [6.07, 6.45) is 5.54. The van der Waals surface area contributed by atoms with E-state index in [-0.39, 0.29) is 12.0 Å². The molecule has 0 radical (unpaired) electrons. The van der Waals surface area contributed by atoms with Crippen LogP contribution in [0.1, 0.15) is 45.4 Å². The summed E-state index contributed by atoms with van der Waals surface area (Å²) < 4.78 is 10.8. The maximum Gasteiger partial charge on any atom is 0.337 e. The van der Waals surface area contributed by atoms with Gasteiger partial charge in [0.05, 0.1) is 18.7 Å². The minimum atomic E-state index is -0.297. The fraction of sp³-hybridized carbons (Fsp3) is 0.222. The quantitative estimate of drug-likeness (QED) is 0.421. The fourth-order valence-corrected chi connectivity index (χ4v) is 4.68. The maximum absolute atomic E-state index is 12.0. The van der Waals surface area contributed by atoms with E-state index in [9.17, 15) is 4.79 Å². The number of hydrogen-bond donors (Lipinski definition) is 1. The van der Waals surface area contributed by atoms with Crippen molar-refractivity contribution in [1.29, 1.82) is 0 Å². The van der Waals surface area contributed by atoms with Crippen molar-refractivity contribution in [1.82, 2.24) is 0 Å². The Hall–Kier alpha value is -3.53. The molecule has 1 N–H and O–H groups in total. The lowest BCUT2D eigenvalue weighted by molar-refractivity contribution is 0.0600. The first-order chi connectivity index (χ1) is 15.2. The van der Waals surface area contributed by atoms with E-state index in [0.29, 0.717) is 24.0 Å². The molecule has 3 unspecified atom stereocenters. The van der Waals surface area contributed by atoms with Gasteiger partial charge in [-0.1, -0.05) is 54.6 Å². The van der Waals surface area contributed by atoms with Gasteiger partial charge in [-0.25, -0.2) is 4.79 Å². The first-order valence-electron chi connectivity index (χ1n) is 10.6. The first kappa shape index (κ1) is 19.4. The van der Waals surface area contributed by atoms with Gasteiger partial charge in [-0.3, -0.25) is 0 Å². The molecule has 4 nitrogen and oxygen atoms in total. The number of benzene rings is 3. The second kappa shape index (κ2) is 8.31. The van der Waals surface area contributed by atoms with Gasteiger partial charge in [0.15, 0.2) is 0 Å². The van der Waals surface area contributed by atoms with E-state index in [1.807, 2.05) is 48.5 Å². The van der Waals surface area contributed by atoms with Crippen LogP contribution in [0.3, 0.4) is 0 Å². The molecule has 156 valence electrons. The number of allylic oxidation sites excluding steroid dienone is 2. The Bertz CT molecular complexity index is 1110. The Balaban J connectivity index is 1.36. The Labute approximate surface area is 182 Å². The molecule has 3 aromatic carbocycles. The smallest absolute Gasteiger partial charge is 0.337 e. The molecule has 3 atom stereocenters. The molecule has 0 saturated heterocycles. The van der Waals surface area contributed by atoms with E-state index in [0.717, 1.165) is 23.4 Å². The molecule has 0 saturated carbocycles. The third-order valence-corrected chi connectivity index (χ3v) is 6.27. The molecule has 3 aromatic rings. The van der Waals surface area contributed by atoms with Gasteiger partial charge in [0.1, 0.15) is 12.4 Å². The molecular weight excluding hydrogens is 386 g/mol. The van der Waals surface area contributed by atoms with Crippen LogP contribution in [0.15, 0.2) is 84.9 Å². The van der Waals surface area contributed by atoms with Gasteiger partial charge in [-0.2, -0.15) is 0 Å². The monoisotopic (exact) mass is 411 g/mol. The molecule has 0 fully saturated rings. The summed E-state index contributed by atoms with van der Waals surface area (Å²) >= 11 is 0. The van der Waals surface area contributed by atoms with E-state index < -0.39 is 0 Å². The van der Waals surface area contributed by atoms with Crippen LogP contribution < -0.4 is 10.1 Å². The van der Waals surface area contributed by atoms with Crippen LogP contribution in [0.4, 0.5) is 5.69 Å². The topological polar surface area (TPSA) is 47.6 Å². The molecule has 2 aliphatic rings. The fourth-order valence-electron chi connectivity index (χ4n) is 4.68. The summed E-state index contributed by atoms with van der Waals surface area (Å²) in [4.78, 5) is 12.0. The molecule has 1 heterocycles. The number of hydrogen-bond acceptors (Lipinski definition) is 4. The lowest BCUT2D eigenvalue weighted by Crippen LogP contribution is -2.29. The van der Waals surface area contributed by atoms with Crippen LogP contribution in [0, 0.1) is 5.92 Å². The van der Waals surface area contributed by atoms with E-state index in [1.165, 1.54) is 18.2 Å². The largest absolute Gasteiger partial charge is 0.489 e. The molecular formula is C27H25NO3. The standard InChI is InChI=1S/C27H25NO3/c1-30-27(29)20-12-15-25-24(16-20)22-8-5-9-23(22)26(28-25)19-10-13-21(14-11-19)31-17-18-6-3-2-4-7-18/h2-8,10-16,22-23,26,28H,9,17H2,1H3. The van der Waals surface area contributed by atoms with Crippen molar-refractivity contribution in [2.24, 2.45) is 5.92 Å². The van der Waals surface area contributed by atoms with Crippen molar-refractivity contribution >= 4 is 11.7 Å². The summed E-state index contributed by atoms with van der Waals surface area (Å²) in [5, 5.41) is 3.71. The van der Waals surface area contributed by atoms with Crippen molar-refractivity contribution in [2.75, 3.05) is 12.4 Å². The molecule has 0 aromatic heterocycles. The van der Waals surface area contributed by atoms with E-state index >= 15 is 0 Å². The number of carbonyl (C=O) groups is 1. The lowest BCUT2D eigenvalue weighted by Gasteiger charge is -2.37. The number of nitrogens with one attached hydrogen (secondary N) is 1. The average Bonchev–Trinajstić information content (AvgIpc) is 3.33. The molecule has 5 rings (SSSR count). The van der Waals surface area contributed by atoms with Gasteiger partial charge in [0.25, 0.3) is 0 Å². The molecule has 0 spiro atoms. The van der Waals surface area contributed by atoms with Crippen molar-refractivity contribution in [3.8, 4) is 5.75 Å². The number of anilines is 1. The SMILES string of the molecule is COC(=O)c1ccc2c(c1)C1C=CCC1C(c1ccc(OCc3ccccc3)cc1)N2. The number of rotatable bonds is 5. The Morgan fingerprint density at radius 2 is 1.84 bits per heavy atom. The zero-order chi connectivity index (χ0) is 21.2. The predicted molar refractivity (Wildman–Crippen MR) is 121 cm³/mol. The Kier molecular flexibility index (Phi) is 5.21. The van der Waals surface area contributed by atoms with Crippen LogP contribution >= 0.6 is 0 Å². The molecule has 1 aliphatic heterocycles. The number of carbonyl (C=O) groups excluding carboxylic acids is 1. The van der Waals surface area contributed by atoms with Crippen LogP contribution in [-0.4, -0.2) is 13.1 Å². The van der Waals surface area contributed by atoms with Crippen LogP contribution in [0.5, 0.6) is 5.75 Å². The first-order valence-corrected chi connectivity index (χ1v) is 10.6. The molecule has 1 aliphatic carbocycles. The average molecular weight is 412 g/mol. The van der Waals surface area contributed by atoms with Crippen molar-refractivity contribution in [2.45, 2.75) is 25.0 Å². The number of ether oxygens (including phenoxy) is 2. The minimum Gasteiger partial charge on any atom is -0.489 e. The van der Waals surface area contributed by atoms with Crippen LogP contribution in [0.25, 0.3) is 0 Å². The summed E-state index contributed by atoms with van der Waals surface area (Å²) in [5.74, 6) is 1.28. The van der Waals surface area contributed by atoms with Gasteiger partial charge in [0.2, 0.25) is 0 Å². The molecule has 0 amide bonds. The highest BCUT2D eigenvalue weighted by Gasteiger charge is 2.38. The van der Waals surface area contributed by atoms with Crippen LogP contribution in [-0.2, 0) is 11.3 Å². The number of fused-ring (bicyclic) bond motifs is 3. The van der Waals surface area contributed by atoms with Crippen LogP contribution in [0.2, 0.25) is 0 Å². The molecule has 31 heavy (non-hydrogen) atoms. The van der Waals surface area contributed by atoms with Gasteiger partial charge >= 0.3 is 5.97 Å². The lowest BCUT2D eigenvalue weighted by atomic mass is 9.76. The van der Waals surface area contributed by atoms with E-state index in [4.69, 9.17) is 9.47 Å². The Morgan fingerprint density at radius 1 is 1.03 bits per heavy atom. The maximum atomic E-state index is 12.0.